The second kappa shape index (κ2) is 9.33. The molecule has 0 fully saturated rings. The number of aromatic nitrogens is 2. The van der Waals surface area contributed by atoms with Gasteiger partial charge < -0.3 is 31.3 Å². The summed E-state index contributed by atoms with van der Waals surface area (Å²) in [5, 5.41) is 39.6. The van der Waals surface area contributed by atoms with Gasteiger partial charge in [-0.2, -0.15) is 0 Å². The Bertz CT molecular complexity index is 1120. The van der Waals surface area contributed by atoms with Gasteiger partial charge in [0.1, 0.15) is 39.3 Å². The van der Waals surface area contributed by atoms with Crippen molar-refractivity contribution in [2.24, 2.45) is 4.99 Å². The van der Waals surface area contributed by atoms with Gasteiger partial charge in [-0.15, -0.1) is 0 Å². The summed E-state index contributed by atoms with van der Waals surface area (Å²) in [6.07, 6.45) is 1.44. The van der Waals surface area contributed by atoms with Gasteiger partial charge in [-0.3, -0.25) is 9.79 Å². The number of nitrogens with one attached hydrogen (secondary N) is 3. The Balaban J connectivity index is 2.18. The van der Waals surface area contributed by atoms with Crippen molar-refractivity contribution in [3.63, 3.8) is 0 Å². The molecule has 3 rings (SSSR count). The first kappa shape index (κ1) is 21.2. The molecule has 0 radical (unpaired) electrons. The molecule has 1 aromatic heterocycles. The monoisotopic (exact) mass is 412 g/mol. The number of rotatable bonds is 8. The van der Waals surface area contributed by atoms with Crippen LogP contribution in [0.4, 0.5) is 0 Å². The first-order valence-electron chi connectivity index (χ1n) is 9.43. The fourth-order valence-corrected chi connectivity index (χ4v) is 2.92. The van der Waals surface area contributed by atoms with E-state index in [9.17, 15) is 20.1 Å². The highest BCUT2D eigenvalue weighted by Crippen LogP contribution is 2.35. The number of hydrogen-bond acceptors (Lipinski definition) is 9. The lowest BCUT2D eigenvalue weighted by molar-refractivity contribution is 0.0955. The highest BCUT2D eigenvalue weighted by Gasteiger charge is 2.19. The van der Waals surface area contributed by atoms with Crippen LogP contribution in [0.2, 0.25) is 0 Å². The van der Waals surface area contributed by atoms with Gasteiger partial charge in [-0.1, -0.05) is 0 Å². The zero-order valence-corrected chi connectivity index (χ0v) is 16.7. The number of phenols is 3. The van der Waals surface area contributed by atoms with E-state index >= 15 is 0 Å². The molecule has 0 unspecified atom stereocenters. The Morgan fingerprint density at radius 1 is 0.933 bits per heavy atom. The standard InChI is InChI=1S/C20H24N6O4/c1-21-5-7-23-10-12-14(28)9-15(29)19-17(12)26-18-13(27)4-3-11(16(18)25-19)20(30)24-8-6-22-2/h3-4,9-10,21-22,27-29H,5-8H2,1-2H3,(H,24,30)/b23-10+. The minimum Gasteiger partial charge on any atom is -0.507 e. The van der Waals surface area contributed by atoms with Crippen molar-refractivity contribution in [1.82, 2.24) is 25.9 Å². The number of benzene rings is 2. The molecule has 0 atom stereocenters. The number of phenolic OH excluding ortho intramolecular Hbond substituents is 3. The van der Waals surface area contributed by atoms with E-state index in [2.05, 4.69) is 30.9 Å². The van der Waals surface area contributed by atoms with Gasteiger partial charge in [0.25, 0.3) is 5.91 Å². The second-order valence-electron chi connectivity index (χ2n) is 6.58. The van der Waals surface area contributed by atoms with E-state index in [1.807, 2.05) is 0 Å². The molecule has 10 nitrogen and oxygen atoms in total. The van der Waals surface area contributed by atoms with Gasteiger partial charge in [0.15, 0.2) is 0 Å². The summed E-state index contributed by atoms with van der Waals surface area (Å²) >= 11 is 0. The van der Waals surface area contributed by atoms with E-state index in [0.29, 0.717) is 26.2 Å². The van der Waals surface area contributed by atoms with Crippen LogP contribution in [0.15, 0.2) is 23.2 Å². The predicted octanol–water partition coefficient (Wildman–Crippen LogP) is 0.487. The van der Waals surface area contributed by atoms with E-state index < -0.39 is 0 Å². The Morgan fingerprint density at radius 2 is 1.63 bits per heavy atom. The van der Waals surface area contributed by atoms with Crippen molar-refractivity contribution in [2.75, 3.05) is 40.3 Å². The molecule has 1 amide bonds. The third-order valence-electron chi connectivity index (χ3n) is 4.47. The Hall–Kier alpha value is -3.50. The van der Waals surface area contributed by atoms with E-state index in [4.69, 9.17) is 0 Å². The topological polar surface area (TPSA) is 152 Å². The molecule has 0 spiro atoms. The SMILES string of the molecule is CNCC/N=C/c1c(O)cc(O)c2nc3c(C(=O)NCCNC)ccc(O)c3nc12. The van der Waals surface area contributed by atoms with Crippen LogP contribution < -0.4 is 16.0 Å². The number of aliphatic imine (C=N–C) groups is 1. The van der Waals surface area contributed by atoms with Crippen molar-refractivity contribution >= 4 is 34.2 Å². The Labute approximate surface area is 172 Å². The lowest BCUT2D eigenvalue weighted by Gasteiger charge is -2.11. The molecule has 1 heterocycles. The number of carbonyl (C=O) groups excluding carboxylic acids is 1. The Kier molecular flexibility index (Phi) is 6.60. The molecule has 0 bridgehead atoms. The maximum absolute atomic E-state index is 12.6. The van der Waals surface area contributed by atoms with E-state index in [-0.39, 0.29) is 56.3 Å². The number of likely N-dealkylation sites (N-methyl/N-ethyl adjacent to an activating group) is 2. The predicted molar refractivity (Wildman–Crippen MR) is 115 cm³/mol. The molecule has 0 aliphatic heterocycles. The summed E-state index contributed by atoms with van der Waals surface area (Å²) in [6, 6.07) is 3.96. The van der Waals surface area contributed by atoms with E-state index in [1.54, 1.807) is 14.1 Å². The number of aromatic hydroxyl groups is 3. The zero-order chi connectivity index (χ0) is 21.7. The molecule has 0 aliphatic carbocycles. The zero-order valence-electron chi connectivity index (χ0n) is 16.7. The first-order chi connectivity index (χ1) is 14.5. The summed E-state index contributed by atoms with van der Waals surface area (Å²) in [5.41, 5.74) is 0.949. The molecule has 10 heteroatoms. The van der Waals surface area contributed by atoms with Crippen LogP contribution in [-0.4, -0.2) is 77.7 Å². The van der Waals surface area contributed by atoms with Gasteiger partial charge in [-0.05, 0) is 26.2 Å². The van der Waals surface area contributed by atoms with Crippen molar-refractivity contribution < 1.29 is 20.1 Å². The molecule has 3 aromatic rings. The van der Waals surface area contributed by atoms with Crippen molar-refractivity contribution in [1.29, 1.82) is 0 Å². The van der Waals surface area contributed by atoms with Crippen LogP contribution in [0.5, 0.6) is 17.2 Å². The highest BCUT2D eigenvalue weighted by atomic mass is 16.3. The minimum atomic E-state index is -0.379. The maximum atomic E-state index is 12.6. The van der Waals surface area contributed by atoms with Crippen LogP contribution in [0.25, 0.3) is 22.1 Å². The van der Waals surface area contributed by atoms with Gasteiger partial charge in [-0.25, -0.2) is 9.97 Å². The average molecular weight is 412 g/mol. The lowest BCUT2D eigenvalue weighted by atomic mass is 10.1. The molecule has 158 valence electrons. The minimum absolute atomic E-state index is 0.0821. The maximum Gasteiger partial charge on any atom is 0.253 e. The molecular formula is C20H24N6O4. The fourth-order valence-electron chi connectivity index (χ4n) is 2.92. The number of fused-ring (bicyclic) bond motifs is 2. The van der Waals surface area contributed by atoms with Crippen molar-refractivity contribution in [3.8, 4) is 17.2 Å². The van der Waals surface area contributed by atoms with Crippen LogP contribution in [0, 0.1) is 0 Å². The Morgan fingerprint density at radius 3 is 2.37 bits per heavy atom. The largest absolute Gasteiger partial charge is 0.507 e. The molecule has 0 saturated heterocycles. The number of hydrogen-bond donors (Lipinski definition) is 6. The summed E-state index contributed by atoms with van der Waals surface area (Å²) in [6.45, 7) is 2.12. The van der Waals surface area contributed by atoms with Crippen LogP contribution >= 0.6 is 0 Å². The lowest BCUT2D eigenvalue weighted by Crippen LogP contribution is -2.30. The normalized spacial score (nSPS) is 11.5. The number of nitrogens with zero attached hydrogens (tertiary/aromatic N) is 3. The molecular weight excluding hydrogens is 388 g/mol. The summed E-state index contributed by atoms with van der Waals surface area (Å²) in [5.74, 6) is -1.07. The summed E-state index contributed by atoms with van der Waals surface area (Å²) in [4.78, 5) is 25.6. The van der Waals surface area contributed by atoms with Gasteiger partial charge in [0.05, 0.1) is 17.7 Å². The van der Waals surface area contributed by atoms with E-state index in [0.717, 1.165) is 6.07 Å². The van der Waals surface area contributed by atoms with Crippen LogP contribution in [0.1, 0.15) is 15.9 Å². The van der Waals surface area contributed by atoms with Gasteiger partial charge in [0.2, 0.25) is 0 Å². The van der Waals surface area contributed by atoms with Crippen molar-refractivity contribution in [3.05, 3.63) is 29.3 Å². The van der Waals surface area contributed by atoms with Gasteiger partial charge >= 0.3 is 0 Å². The second-order valence-corrected chi connectivity index (χ2v) is 6.58. The number of carbonyl (C=O) groups is 1. The highest BCUT2D eigenvalue weighted by molar-refractivity contribution is 6.09. The smallest absolute Gasteiger partial charge is 0.253 e. The quantitative estimate of drug-likeness (QED) is 0.178. The summed E-state index contributed by atoms with van der Waals surface area (Å²) in [7, 11) is 3.58. The third kappa shape index (κ3) is 4.24. The molecule has 0 saturated carbocycles. The summed E-state index contributed by atoms with van der Waals surface area (Å²) < 4.78 is 0. The van der Waals surface area contributed by atoms with Gasteiger partial charge in [0, 0.05) is 31.9 Å². The average Bonchev–Trinajstić information content (AvgIpc) is 2.73. The first-order valence-corrected chi connectivity index (χ1v) is 9.43. The fraction of sp³-hybridized carbons (Fsp3) is 0.300. The van der Waals surface area contributed by atoms with Crippen LogP contribution in [0.3, 0.4) is 0 Å². The van der Waals surface area contributed by atoms with Crippen molar-refractivity contribution in [2.45, 2.75) is 0 Å². The van der Waals surface area contributed by atoms with E-state index in [1.165, 1.54) is 18.3 Å². The number of amides is 1. The molecule has 2 aromatic carbocycles. The molecule has 30 heavy (non-hydrogen) atoms. The molecule has 0 aliphatic rings. The third-order valence-corrected chi connectivity index (χ3v) is 4.47. The van der Waals surface area contributed by atoms with Crippen LogP contribution in [-0.2, 0) is 0 Å². The molecule has 6 N–H and O–H groups in total.